The molecule has 1 amide bonds. The maximum atomic E-state index is 12.0. The largest absolute Gasteiger partial charge is 0.493 e. The van der Waals surface area contributed by atoms with Crippen LogP contribution in [0.2, 0.25) is 0 Å². The second-order valence-electron chi connectivity index (χ2n) is 4.64. The van der Waals surface area contributed by atoms with Crippen LogP contribution in [0, 0.1) is 6.92 Å². The highest BCUT2D eigenvalue weighted by molar-refractivity contribution is 9.10. The Bertz CT molecular complexity index is 597. The van der Waals surface area contributed by atoms with Gasteiger partial charge in [-0.05, 0) is 31.2 Å². The SMILES string of the molecule is Cc1nc(CN(C)C(=O)CCOc2ccc(Br)cc2)n[nH]1. The summed E-state index contributed by atoms with van der Waals surface area (Å²) in [5.74, 6) is 2.09. The second kappa shape index (κ2) is 7.21. The van der Waals surface area contributed by atoms with Crippen LogP contribution in [-0.4, -0.2) is 39.6 Å². The smallest absolute Gasteiger partial charge is 0.226 e. The molecule has 1 aromatic carbocycles. The van der Waals surface area contributed by atoms with Gasteiger partial charge in [0.1, 0.15) is 11.6 Å². The molecule has 0 fully saturated rings. The number of hydrogen-bond donors (Lipinski definition) is 1. The molecule has 0 radical (unpaired) electrons. The van der Waals surface area contributed by atoms with Crippen molar-refractivity contribution in [1.82, 2.24) is 20.1 Å². The Morgan fingerprint density at radius 1 is 1.38 bits per heavy atom. The van der Waals surface area contributed by atoms with Gasteiger partial charge in [-0.25, -0.2) is 4.98 Å². The summed E-state index contributed by atoms with van der Waals surface area (Å²) < 4.78 is 6.52. The molecule has 1 aromatic heterocycles. The van der Waals surface area contributed by atoms with Gasteiger partial charge in [-0.1, -0.05) is 15.9 Å². The van der Waals surface area contributed by atoms with E-state index < -0.39 is 0 Å². The molecule has 112 valence electrons. The van der Waals surface area contributed by atoms with Crippen molar-refractivity contribution in [3.05, 3.63) is 40.4 Å². The predicted octanol–water partition coefficient (Wildman–Crippen LogP) is 2.30. The molecule has 1 heterocycles. The van der Waals surface area contributed by atoms with Crippen molar-refractivity contribution in [2.24, 2.45) is 0 Å². The van der Waals surface area contributed by atoms with Crippen LogP contribution < -0.4 is 4.74 Å². The fourth-order valence-electron chi connectivity index (χ4n) is 1.74. The summed E-state index contributed by atoms with van der Waals surface area (Å²) in [5.41, 5.74) is 0. The van der Waals surface area contributed by atoms with Gasteiger partial charge in [-0.3, -0.25) is 9.89 Å². The highest BCUT2D eigenvalue weighted by atomic mass is 79.9. The molecule has 6 nitrogen and oxygen atoms in total. The maximum Gasteiger partial charge on any atom is 0.226 e. The normalized spacial score (nSPS) is 10.4. The van der Waals surface area contributed by atoms with E-state index in [1.807, 2.05) is 31.2 Å². The quantitative estimate of drug-likeness (QED) is 0.865. The monoisotopic (exact) mass is 352 g/mol. The maximum absolute atomic E-state index is 12.0. The van der Waals surface area contributed by atoms with Gasteiger partial charge in [-0.15, -0.1) is 0 Å². The van der Waals surface area contributed by atoms with Gasteiger partial charge < -0.3 is 9.64 Å². The Hall–Kier alpha value is -1.89. The predicted molar refractivity (Wildman–Crippen MR) is 81.8 cm³/mol. The molecule has 1 N–H and O–H groups in total. The molecule has 0 atom stereocenters. The molecule has 0 saturated carbocycles. The van der Waals surface area contributed by atoms with E-state index in [2.05, 4.69) is 31.1 Å². The van der Waals surface area contributed by atoms with E-state index in [9.17, 15) is 4.79 Å². The molecule has 2 aromatic rings. The Labute approximate surface area is 131 Å². The van der Waals surface area contributed by atoms with E-state index in [1.54, 1.807) is 11.9 Å². The highest BCUT2D eigenvalue weighted by Crippen LogP contribution is 2.16. The zero-order chi connectivity index (χ0) is 15.2. The van der Waals surface area contributed by atoms with E-state index in [0.29, 0.717) is 25.4 Å². The number of benzene rings is 1. The summed E-state index contributed by atoms with van der Waals surface area (Å²) >= 11 is 3.36. The van der Waals surface area contributed by atoms with Crippen LogP contribution in [0.3, 0.4) is 0 Å². The molecule has 0 unspecified atom stereocenters. The third-order valence-corrected chi connectivity index (χ3v) is 3.37. The van der Waals surface area contributed by atoms with Crippen LogP contribution in [0.1, 0.15) is 18.1 Å². The fraction of sp³-hybridized carbons (Fsp3) is 0.357. The van der Waals surface area contributed by atoms with E-state index in [4.69, 9.17) is 4.74 Å². The van der Waals surface area contributed by atoms with Gasteiger partial charge in [0.15, 0.2) is 5.82 Å². The van der Waals surface area contributed by atoms with Gasteiger partial charge >= 0.3 is 0 Å². The first-order valence-electron chi connectivity index (χ1n) is 6.55. The Morgan fingerprint density at radius 2 is 2.10 bits per heavy atom. The summed E-state index contributed by atoms with van der Waals surface area (Å²) in [7, 11) is 1.73. The van der Waals surface area contributed by atoms with Crippen LogP contribution in [0.5, 0.6) is 5.75 Å². The number of hydrogen-bond acceptors (Lipinski definition) is 4. The molecule has 0 bridgehead atoms. The molecule has 0 aliphatic heterocycles. The Balaban J connectivity index is 1.74. The summed E-state index contributed by atoms with van der Waals surface area (Å²) in [6.07, 6.45) is 0.315. The molecule has 21 heavy (non-hydrogen) atoms. The molecule has 7 heteroatoms. The van der Waals surface area contributed by atoms with E-state index in [0.717, 1.165) is 16.0 Å². The summed E-state index contributed by atoms with van der Waals surface area (Å²) in [4.78, 5) is 17.7. The zero-order valence-corrected chi connectivity index (χ0v) is 13.6. The minimum Gasteiger partial charge on any atom is -0.493 e. The van der Waals surface area contributed by atoms with Gasteiger partial charge in [0.2, 0.25) is 5.91 Å². The van der Waals surface area contributed by atoms with E-state index in [-0.39, 0.29) is 5.91 Å². The van der Waals surface area contributed by atoms with E-state index in [1.165, 1.54) is 0 Å². The van der Waals surface area contributed by atoms with Gasteiger partial charge in [0, 0.05) is 11.5 Å². The van der Waals surface area contributed by atoms with Gasteiger partial charge in [-0.2, -0.15) is 5.10 Å². The number of amides is 1. The summed E-state index contributed by atoms with van der Waals surface area (Å²) in [6, 6.07) is 7.51. The topological polar surface area (TPSA) is 71.1 Å². The van der Waals surface area contributed by atoms with Crippen molar-refractivity contribution in [3.8, 4) is 5.75 Å². The number of H-pyrrole nitrogens is 1. The number of ether oxygens (including phenoxy) is 1. The number of halogens is 1. The van der Waals surface area contributed by atoms with Crippen LogP contribution in [-0.2, 0) is 11.3 Å². The zero-order valence-electron chi connectivity index (χ0n) is 12.0. The minimum absolute atomic E-state index is 0.00503. The first kappa shape index (κ1) is 15.5. The molecule has 0 aliphatic carbocycles. The van der Waals surface area contributed by atoms with Crippen LogP contribution in [0.4, 0.5) is 0 Å². The number of aryl methyl sites for hydroxylation is 1. The first-order valence-corrected chi connectivity index (χ1v) is 7.34. The second-order valence-corrected chi connectivity index (χ2v) is 5.55. The number of aromatic amines is 1. The molecule has 0 spiro atoms. The lowest BCUT2D eigenvalue weighted by Gasteiger charge is -2.15. The van der Waals surface area contributed by atoms with Crippen molar-refractivity contribution in [2.75, 3.05) is 13.7 Å². The number of nitrogens with zero attached hydrogens (tertiary/aromatic N) is 3. The van der Waals surface area contributed by atoms with Crippen molar-refractivity contribution in [1.29, 1.82) is 0 Å². The van der Waals surface area contributed by atoms with Gasteiger partial charge in [0.25, 0.3) is 0 Å². The Morgan fingerprint density at radius 3 is 2.71 bits per heavy atom. The van der Waals surface area contributed by atoms with Crippen LogP contribution in [0.25, 0.3) is 0 Å². The lowest BCUT2D eigenvalue weighted by Crippen LogP contribution is -2.28. The average Bonchev–Trinajstić information content (AvgIpc) is 2.86. The number of aromatic nitrogens is 3. The fourth-order valence-corrected chi connectivity index (χ4v) is 2.00. The Kier molecular flexibility index (Phi) is 5.32. The van der Waals surface area contributed by atoms with Crippen LogP contribution in [0.15, 0.2) is 28.7 Å². The van der Waals surface area contributed by atoms with Crippen molar-refractivity contribution >= 4 is 21.8 Å². The standard InChI is InChI=1S/C14H17BrN4O2/c1-10-16-13(18-17-10)9-19(2)14(20)7-8-21-12-5-3-11(15)4-6-12/h3-6H,7-9H2,1-2H3,(H,16,17,18). The summed E-state index contributed by atoms with van der Waals surface area (Å²) in [5, 5.41) is 6.76. The van der Waals surface area contributed by atoms with Crippen molar-refractivity contribution < 1.29 is 9.53 Å². The first-order chi connectivity index (χ1) is 10.0. The van der Waals surface area contributed by atoms with E-state index >= 15 is 0 Å². The molecule has 0 saturated heterocycles. The van der Waals surface area contributed by atoms with Crippen LogP contribution >= 0.6 is 15.9 Å². The number of rotatable bonds is 6. The van der Waals surface area contributed by atoms with Crippen molar-refractivity contribution in [2.45, 2.75) is 19.9 Å². The highest BCUT2D eigenvalue weighted by Gasteiger charge is 2.11. The molecular weight excluding hydrogens is 336 g/mol. The molecule has 0 aliphatic rings. The number of carbonyl (C=O) groups is 1. The minimum atomic E-state index is -0.00503. The third-order valence-electron chi connectivity index (χ3n) is 2.85. The lowest BCUT2D eigenvalue weighted by molar-refractivity contribution is -0.131. The lowest BCUT2D eigenvalue weighted by atomic mass is 10.3. The average molecular weight is 353 g/mol. The molecule has 2 rings (SSSR count). The van der Waals surface area contributed by atoms with Gasteiger partial charge in [0.05, 0.1) is 19.6 Å². The molecular formula is C14H17BrN4O2. The summed E-state index contributed by atoms with van der Waals surface area (Å²) in [6.45, 7) is 2.56. The number of carbonyl (C=O) groups excluding carboxylic acids is 1. The number of nitrogens with one attached hydrogen (secondary N) is 1. The van der Waals surface area contributed by atoms with Crippen molar-refractivity contribution in [3.63, 3.8) is 0 Å². The third kappa shape index (κ3) is 4.86.